The molecule has 1 aliphatic heterocycles. The molecule has 6 heteroatoms. The molecular weight excluding hydrogens is 344 g/mol. The second-order valence-corrected chi connectivity index (χ2v) is 6.13. The largest absolute Gasteiger partial charge is 0.497 e. The summed E-state index contributed by atoms with van der Waals surface area (Å²) in [5, 5.41) is 3.88. The van der Waals surface area contributed by atoms with E-state index in [0.29, 0.717) is 21.5 Å². The smallest absolute Gasteiger partial charge is 0.281 e. The van der Waals surface area contributed by atoms with Crippen molar-refractivity contribution in [3.05, 3.63) is 64.3 Å². The van der Waals surface area contributed by atoms with Gasteiger partial charge in [-0.05, 0) is 60.6 Å². The maximum atomic E-state index is 12.7. The van der Waals surface area contributed by atoms with Crippen LogP contribution in [0.2, 0.25) is 5.02 Å². The summed E-state index contributed by atoms with van der Waals surface area (Å²) in [4.78, 5) is 14.1. The number of hydrogen-bond acceptors (Lipinski definition) is 3. The zero-order valence-corrected chi connectivity index (χ0v) is 14.7. The Hall–Kier alpha value is -2.37. The molecule has 1 amide bonds. The van der Waals surface area contributed by atoms with Gasteiger partial charge in [-0.3, -0.25) is 9.69 Å². The number of nitrogens with zero attached hydrogens (tertiary/aromatic N) is 1. The number of halogens is 1. The van der Waals surface area contributed by atoms with Gasteiger partial charge < -0.3 is 10.1 Å². The lowest BCUT2D eigenvalue weighted by Gasteiger charge is -2.14. The maximum absolute atomic E-state index is 12.7. The van der Waals surface area contributed by atoms with Crippen molar-refractivity contribution in [1.29, 1.82) is 0 Å². The highest BCUT2D eigenvalue weighted by Crippen LogP contribution is 2.27. The maximum Gasteiger partial charge on any atom is 0.281 e. The van der Waals surface area contributed by atoms with Crippen molar-refractivity contribution in [2.75, 3.05) is 12.0 Å². The quantitative estimate of drug-likeness (QED) is 0.667. The Kier molecular flexibility index (Phi) is 4.55. The van der Waals surface area contributed by atoms with Crippen molar-refractivity contribution in [2.24, 2.45) is 0 Å². The van der Waals surface area contributed by atoms with Crippen LogP contribution in [-0.4, -0.2) is 18.1 Å². The molecule has 0 radical (unpaired) electrons. The molecule has 3 rings (SSSR count). The van der Waals surface area contributed by atoms with Crippen LogP contribution in [-0.2, 0) is 4.79 Å². The fraction of sp³-hybridized carbons (Fsp3) is 0.111. The number of anilines is 1. The summed E-state index contributed by atoms with van der Waals surface area (Å²) in [6, 6.07) is 12.9. The SMILES string of the molecule is COc1cccc(/C=C2\NC(=S)N(c3ccc(C)c(Cl)c3)C2=O)c1. The predicted molar refractivity (Wildman–Crippen MR) is 100 cm³/mol. The number of nitrogens with one attached hydrogen (secondary N) is 1. The van der Waals surface area contributed by atoms with Gasteiger partial charge in [0.15, 0.2) is 5.11 Å². The fourth-order valence-electron chi connectivity index (χ4n) is 2.39. The third-order valence-electron chi connectivity index (χ3n) is 3.70. The predicted octanol–water partition coefficient (Wildman–Crippen LogP) is 3.92. The molecule has 0 atom stereocenters. The van der Waals surface area contributed by atoms with Gasteiger partial charge in [-0.25, -0.2) is 0 Å². The highest BCUT2D eigenvalue weighted by atomic mass is 35.5. The molecule has 2 aromatic rings. The molecule has 0 spiro atoms. The highest BCUT2D eigenvalue weighted by molar-refractivity contribution is 7.80. The van der Waals surface area contributed by atoms with Gasteiger partial charge in [-0.15, -0.1) is 0 Å². The first-order valence-corrected chi connectivity index (χ1v) is 8.05. The molecule has 0 aromatic heterocycles. The zero-order valence-electron chi connectivity index (χ0n) is 13.2. The van der Waals surface area contributed by atoms with Crippen LogP contribution in [0.5, 0.6) is 5.75 Å². The second-order valence-electron chi connectivity index (χ2n) is 5.34. The summed E-state index contributed by atoms with van der Waals surface area (Å²) in [6.45, 7) is 1.91. The van der Waals surface area contributed by atoms with Crippen molar-refractivity contribution in [2.45, 2.75) is 6.92 Å². The minimum Gasteiger partial charge on any atom is -0.497 e. The van der Waals surface area contributed by atoms with E-state index in [-0.39, 0.29) is 5.91 Å². The molecule has 1 heterocycles. The van der Waals surface area contributed by atoms with E-state index >= 15 is 0 Å². The molecule has 0 saturated carbocycles. The Bertz CT molecular complexity index is 864. The Balaban J connectivity index is 1.93. The van der Waals surface area contributed by atoms with Gasteiger partial charge in [0.25, 0.3) is 5.91 Å². The van der Waals surface area contributed by atoms with Crippen LogP contribution in [0.25, 0.3) is 6.08 Å². The average molecular weight is 359 g/mol. The summed E-state index contributed by atoms with van der Waals surface area (Å²) >= 11 is 11.5. The first-order valence-electron chi connectivity index (χ1n) is 7.27. The molecule has 4 nitrogen and oxygen atoms in total. The van der Waals surface area contributed by atoms with Gasteiger partial charge in [0.1, 0.15) is 11.4 Å². The van der Waals surface area contributed by atoms with Crippen molar-refractivity contribution in [1.82, 2.24) is 5.32 Å². The molecule has 0 aliphatic carbocycles. The standard InChI is InChI=1S/C18H15ClN2O2S/c1-11-6-7-13(10-15(11)19)21-17(22)16(20-18(21)24)9-12-4-3-5-14(8-12)23-2/h3-10H,1-2H3,(H,20,24)/b16-9-. The minimum absolute atomic E-state index is 0.220. The molecular formula is C18H15ClN2O2S. The van der Waals surface area contributed by atoms with Crippen LogP contribution in [0.4, 0.5) is 5.69 Å². The number of methoxy groups -OCH3 is 1. The highest BCUT2D eigenvalue weighted by Gasteiger charge is 2.32. The third-order valence-corrected chi connectivity index (χ3v) is 4.39. The Morgan fingerprint density at radius 3 is 2.75 bits per heavy atom. The lowest BCUT2D eigenvalue weighted by molar-refractivity contribution is -0.113. The lowest BCUT2D eigenvalue weighted by Crippen LogP contribution is -2.30. The molecule has 1 saturated heterocycles. The number of carbonyl (C=O) groups excluding carboxylic acids is 1. The third kappa shape index (κ3) is 3.13. The van der Waals surface area contributed by atoms with Crippen molar-refractivity contribution < 1.29 is 9.53 Å². The Morgan fingerprint density at radius 2 is 2.04 bits per heavy atom. The summed E-state index contributed by atoms with van der Waals surface area (Å²) in [5.41, 5.74) is 2.84. The van der Waals surface area contributed by atoms with Gasteiger partial charge in [-0.2, -0.15) is 0 Å². The molecule has 2 aromatic carbocycles. The van der Waals surface area contributed by atoms with E-state index in [9.17, 15) is 4.79 Å². The molecule has 1 N–H and O–H groups in total. The van der Waals surface area contributed by atoms with E-state index in [0.717, 1.165) is 16.9 Å². The Morgan fingerprint density at radius 1 is 1.25 bits per heavy atom. The van der Waals surface area contributed by atoms with Gasteiger partial charge in [-0.1, -0.05) is 29.8 Å². The average Bonchev–Trinajstić information content (AvgIpc) is 2.84. The van der Waals surface area contributed by atoms with E-state index in [4.69, 9.17) is 28.6 Å². The van der Waals surface area contributed by atoms with Crippen LogP contribution in [0.15, 0.2) is 48.2 Å². The van der Waals surface area contributed by atoms with Gasteiger partial charge >= 0.3 is 0 Å². The first-order chi connectivity index (χ1) is 11.5. The van der Waals surface area contributed by atoms with Crippen LogP contribution < -0.4 is 15.0 Å². The van der Waals surface area contributed by atoms with Crippen LogP contribution in [0.3, 0.4) is 0 Å². The summed E-state index contributed by atoms with van der Waals surface area (Å²) in [7, 11) is 1.60. The van der Waals surface area contributed by atoms with Crippen molar-refractivity contribution in [3.8, 4) is 5.75 Å². The Labute approximate surface area is 150 Å². The molecule has 0 unspecified atom stereocenters. The number of thiocarbonyl (C=S) groups is 1. The van der Waals surface area contributed by atoms with E-state index in [1.807, 2.05) is 43.3 Å². The first kappa shape index (κ1) is 16.5. The summed E-state index contributed by atoms with van der Waals surface area (Å²) in [5.74, 6) is 0.502. The second kappa shape index (κ2) is 6.63. The van der Waals surface area contributed by atoms with Crippen molar-refractivity contribution >= 4 is 46.6 Å². The van der Waals surface area contributed by atoms with Crippen LogP contribution in [0.1, 0.15) is 11.1 Å². The molecule has 122 valence electrons. The number of hydrogen-bond donors (Lipinski definition) is 1. The van der Waals surface area contributed by atoms with E-state index in [2.05, 4.69) is 5.32 Å². The van der Waals surface area contributed by atoms with Crippen LogP contribution in [0, 0.1) is 6.92 Å². The van der Waals surface area contributed by atoms with Gasteiger partial charge in [0.05, 0.1) is 12.8 Å². The molecule has 0 bridgehead atoms. The number of rotatable bonds is 3. The topological polar surface area (TPSA) is 41.6 Å². The normalized spacial score (nSPS) is 15.8. The summed E-state index contributed by atoms with van der Waals surface area (Å²) < 4.78 is 5.20. The minimum atomic E-state index is -0.220. The summed E-state index contributed by atoms with van der Waals surface area (Å²) in [6.07, 6.45) is 1.74. The number of ether oxygens (including phenoxy) is 1. The molecule has 1 aliphatic rings. The van der Waals surface area contributed by atoms with Crippen molar-refractivity contribution in [3.63, 3.8) is 0 Å². The molecule has 1 fully saturated rings. The van der Waals surface area contributed by atoms with Gasteiger partial charge in [0, 0.05) is 5.02 Å². The van der Waals surface area contributed by atoms with Crippen LogP contribution >= 0.6 is 23.8 Å². The van der Waals surface area contributed by atoms with E-state index < -0.39 is 0 Å². The van der Waals surface area contributed by atoms with E-state index in [1.54, 1.807) is 19.3 Å². The lowest BCUT2D eigenvalue weighted by atomic mass is 10.1. The number of benzene rings is 2. The van der Waals surface area contributed by atoms with Gasteiger partial charge in [0.2, 0.25) is 0 Å². The molecule has 24 heavy (non-hydrogen) atoms. The number of aryl methyl sites for hydroxylation is 1. The van der Waals surface area contributed by atoms with E-state index in [1.165, 1.54) is 4.90 Å². The fourth-order valence-corrected chi connectivity index (χ4v) is 2.86. The zero-order chi connectivity index (χ0) is 17.3. The monoisotopic (exact) mass is 358 g/mol. The number of amides is 1. The number of carbonyl (C=O) groups is 1.